The topological polar surface area (TPSA) is 84.5 Å². The highest BCUT2D eigenvalue weighted by atomic mass is 32.2. The average molecular weight is 433 g/mol. The molecule has 2 N–H and O–H groups in total. The van der Waals surface area contributed by atoms with Crippen LogP contribution in [0.2, 0.25) is 0 Å². The number of carbonyl (C=O) groups is 1. The first-order valence-electron chi connectivity index (χ1n) is 10.2. The van der Waals surface area contributed by atoms with Gasteiger partial charge in [0, 0.05) is 6.04 Å². The fourth-order valence-corrected chi connectivity index (χ4v) is 4.34. The van der Waals surface area contributed by atoms with Crippen LogP contribution in [0.15, 0.2) is 59.5 Å². The average Bonchev–Trinajstić information content (AvgIpc) is 2.72. The van der Waals surface area contributed by atoms with E-state index in [0.717, 1.165) is 12.8 Å². The van der Waals surface area contributed by atoms with Crippen LogP contribution in [0.5, 0.6) is 5.75 Å². The number of hydrogen-bond donors (Lipinski definition) is 2. The lowest BCUT2D eigenvalue weighted by Crippen LogP contribution is -2.49. The van der Waals surface area contributed by atoms with Crippen molar-refractivity contribution in [3.8, 4) is 5.75 Å². The Morgan fingerprint density at radius 2 is 1.63 bits per heavy atom. The zero-order valence-corrected chi connectivity index (χ0v) is 18.9. The fourth-order valence-electron chi connectivity index (χ4n) is 3.13. The molecule has 2 atom stereocenters. The Hall–Kier alpha value is -2.38. The Morgan fingerprint density at radius 1 is 1.00 bits per heavy atom. The molecule has 2 aromatic rings. The summed E-state index contributed by atoms with van der Waals surface area (Å²) in [5.74, 6) is 0.415. The van der Waals surface area contributed by atoms with Crippen LogP contribution >= 0.6 is 0 Å². The highest BCUT2D eigenvalue weighted by Gasteiger charge is 2.27. The van der Waals surface area contributed by atoms with Crippen molar-refractivity contribution in [3.63, 3.8) is 0 Å². The number of rotatable bonds is 11. The maximum atomic E-state index is 12.9. The van der Waals surface area contributed by atoms with Crippen molar-refractivity contribution in [1.29, 1.82) is 0 Å². The Morgan fingerprint density at radius 3 is 2.20 bits per heavy atom. The van der Waals surface area contributed by atoms with E-state index in [4.69, 9.17) is 4.74 Å². The summed E-state index contributed by atoms with van der Waals surface area (Å²) in [6.07, 6.45) is 2.02. The molecule has 30 heavy (non-hydrogen) atoms. The van der Waals surface area contributed by atoms with Gasteiger partial charge < -0.3 is 10.1 Å². The zero-order valence-electron chi connectivity index (χ0n) is 18.1. The molecule has 0 aromatic heterocycles. The first-order valence-corrected chi connectivity index (χ1v) is 11.7. The number of nitrogens with one attached hydrogen (secondary N) is 2. The molecule has 0 saturated heterocycles. The van der Waals surface area contributed by atoms with E-state index >= 15 is 0 Å². The maximum Gasteiger partial charge on any atom is 0.241 e. The van der Waals surface area contributed by atoms with E-state index in [1.54, 1.807) is 12.1 Å². The van der Waals surface area contributed by atoms with Gasteiger partial charge in [0.05, 0.1) is 12.0 Å². The highest BCUT2D eigenvalue weighted by Crippen LogP contribution is 2.17. The number of hydrogen-bond acceptors (Lipinski definition) is 4. The Balaban J connectivity index is 2.03. The summed E-state index contributed by atoms with van der Waals surface area (Å²) < 4.78 is 33.2. The molecule has 0 aliphatic rings. The van der Waals surface area contributed by atoms with Gasteiger partial charge in [0.25, 0.3) is 0 Å². The van der Waals surface area contributed by atoms with Gasteiger partial charge in [-0.25, -0.2) is 8.42 Å². The number of benzene rings is 2. The van der Waals surface area contributed by atoms with E-state index in [0.29, 0.717) is 12.2 Å². The molecule has 0 bridgehead atoms. The molecule has 7 heteroatoms. The third kappa shape index (κ3) is 7.46. The second kappa shape index (κ2) is 11.1. The second-order valence-electron chi connectivity index (χ2n) is 7.91. The summed E-state index contributed by atoms with van der Waals surface area (Å²) in [6.45, 7) is 5.85. The van der Waals surface area contributed by atoms with E-state index in [-0.39, 0.29) is 22.8 Å². The molecule has 0 aliphatic carbocycles. The summed E-state index contributed by atoms with van der Waals surface area (Å²) in [6, 6.07) is 15.3. The first kappa shape index (κ1) is 23.9. The smallest absolute Gasteiger partial charge is 0.241 e. The molecule has 2 rings (SSSR count). The lowest BCUT2D eigenvalue weighted by molar-refractivity contribution is -0.123. The van der Waals surface area contributed by atoms with Crippen molar-refractivity contribution < 1.29 is 17.9 Å². The van der Waals surface area contributed by atoms with Gasteiger partial charge in [0.1, 0.15) is 11.8 Å². The lowest BCUT2D eigenvalue weighted by atomic mass is 10.0. The van der Waals surface area contributed by atoms with Crippen LogP contribution in [0.4, 0.5) is 0 Å². The van der Waals surface area contributed by atoms with E-state index < -0.39 is 16.1 Å². The number of aryl methyl sites for hydroxylation is 1. The third-order valence-electron chi connectivity index (χ3n) is 4.79. The number of ether oxygens (including phenoxy) is 1. The summed E-state index contributed by atoms with van der Waals surface area (Å²) in [5.41, 5.74) is 1.21. The largest absolute Gasteiger partial charge is 0.497 e. The molecule has 0 fully saturated rings. The summed E-state index contributed by atoms with van der Waals surface area (Å²) in [4.78, 5) is 13.0. The minimum atomic E-state index is -3.83. The monoisotopic (exact) mass is 432 g/mol. The molecule has 0 saturated carbocycles. The van der Waals surface area contributed by atoms with Crippen molar-refractivity contribution in [1.82, 2.24) is 10.0 Å². The van der Waals surface area contributed by atoms with E-state index in [9.17, 15) is 13.2 Å². The van der Waals surface area contributed by atoms with Crippen molar-refractivity contribution in [2.24, 2.45) is 5.92 Å². The van der Waals surface area contributed by atoms with Gasteiger partial charge >= 0.3 is 0 Å². The molecule has 0 heterocycles. The van der Waals surface area contributed by atoms with Crippen LogP contribution in [0.25, 0.3) is 0 Å². The minimum absolute atomic E-state index is 0.0714. The standard InChI is InChI=1S/C23H32N2O4S/c1-17(2)16-22(25-30(27,28)21-14-12-20(29-4)13-15-21)23(26)24-18(3)10-11-19-8-6-5-7-9-19/h5-9,12-15,17-18,22,25H,10-11,16H2,1-4H3,(H,24,26). The van der Waals surface area contributed by atoms with Gasteiger partial charge in [-0.3, -0.25) is 4.79 Å². The molecule has 6 nitrogen and oxygen atoms in total. The van der Waals surface area contributed by atoms with E-state index in [1.807, 2.05) is 39.0 Å². The normalized spacial score (nSPS) is 13.6. The Labute approximate surface area is 180 Å². The number of sulfonamides is 1. The predicted octanol–water partition coefficient (Wildman–Crippen LogP) is 3.53. The summed E-state index contributed by atoms with van der Waals surface area (Å²) in [7, 11) is -2.31. The SMILES string of the molecule is COc1ccc(S(=O)(=O)NC(CC(C)C)C(=O)NC(C)CCc2ccccc2)cc1. The minimum Gasteiger partial charge on any atom is -0.497 e. The lowest BCUT2D eigenvalue weighted by Gasteiger charge is -2.23. The highest BCUT2D eigenvalue weighted by molar-refractivity contribution is 7.89. The van der Waals surface area contributed by atoms with Crippen LogP contribution in [0, 0.1) is 5.92 Å². The number of amides is 1. The second-order valence-corrected chi connectivity index (χ2v) is 9.63. The van der Waals surface area contributed by atoms with Crippen molar-refractivity contribution in [2.75, 3.05) is 7.11 Å². The first-order chi connectivity index (χ1) is 14.2. The number of methoxy groups -OCH3 is 1. The molecular weight excluding hydrogens is 400 g/mol. The van der Waals surface area contributed by atoms with Crippen LogP contribution in [-0.2, 0) is 21.2 Å². The van der Waals surface area contributed by atoms with Crippen LogP contribution in [-0.4, -0.2) is 33.5 Å². The maximum absolute atomic E-state index is 12.9. The van der Waals surface area contributed by atoms with Crippen LogP contribution < -0.4 is 14.8 Å². The molecule has 164 valence electrons. The quantitative estimate of drug-likeness (QED) is 0.569. The van der Waals surface area contributed by atoms with Crippen molar-refractivity contribution in [3.05, 3.63) is 60.2 Å². The fraction of sp³-hybridized carbons (Fsp3) is 0.435. The molecule has 0 radical (unpaired) electrons. The van der Waals surface area contributed by atoms with Crippen molar-refractivity contribution >= 4 is 15.9 Å². The Bertz CT molecular complexity index is 897. The van der Waals surface area contributed by atoms with Gasteiger partial charge in [-0.2, -0.15) is 4.72 Å². The molecular formula is C23H32N2O4S. The van der Waals surface area contributed by atoms with Gasteiger partial charge in [-0.05, 0) is 61.9 Å². The van der Waals surface area contributed by atoms with E-state index in [1.165, 1.54) is 24.8 Å². The van der Waals surface area contributed by atoms with E-state index in [2.05, 4.69) is 22.2 Å². The molecule has 2 aromatic carbocycles. The zero-order chi connectivity index (χ0) is 22.1. The predicted molar refractivity (Wildman–Crippen MR) is 119 cm³/mol. The van der Waals surface area contributed by atoms with Crippen LogP contribution in [0.1, 0.15) is 39.2 Å². The number of carbonyl (C=O) groups excluding carboxylic acids is 1. The van der Waals surface area contributed by atoms with Gasteiger partial charge in [0.2, 0.25) is 15.9 Å². The molecule has 2 unspecified atom stereocenters. The third-order valence-corrected chi connectivity index (χ3v) is 6.28. The van der Waals surface area contributed by atoms with Gasteiger partial charge in [0.15, 0.2) is 0 Å². The van der Waals surface area contributed by atoms with Gasteiger partial charge in [-0.1, -0.05) is 44.2 Å². The summed E-state index contributed by atoms with van der Waals surface area (Å²) in [5, 5.41) is 2.96. The molecule has 1 amide bonds. The summed E-state index contributed by atoms with van der Waals surface area (Å²) >= 11 is 0. The van der Waals surface area contributed by atoms with Gasteiger partial charge in [-0.15, -0.1) is 0 Å². The Kier molecular flexibility index (Phi) is 8.87. The van der Waals surface area contributed by atoms with Crippen molar-refractivity contribution in [2.45, 2.75) is 57.0 Å². The molecule has 0 spiro atoms. The molecule has 0 aliphatic heterocycles. The van der Waals surface area contributed by atoms with Crippen LogP contribution in [0.3, 0.4) is 0 Å².